The fraction of sp³-hybridized carbons (Fsp3) is 0.250. The molecule has 0 aliphatic rings. The van der Waals surface area contributed by atoms with Crippen molar-refractivity contribution >= 4 is 127 Å². The molecule has 2 atom stereocenters. The number of benzene rings is 5. The third-order valence-electron chi connectivity index (χ3n) is 9.95. The van der Waals surface area contributed by atoms with E-state index in [1.165, 1.54) is 68.8 Å². The van der Waals surface area contributed by atoms with Crippen molar-refractivity contribution in [3.8, 4) is 11.5 Å². The van der Waals surface area contributed by atoms with Crippen LogP contribution >= 0.6 is 58.0 Å². The minimum absolute atomic E-state index is 0.0863. The Morgan fingerprint density at radius 3 is 1.38 bits per heavy atom. The van der Waals surface area contributed by atoms with Gasteiger partial charge in [0.1, 0.15) is 11.5 Å². The average Bonchev–Trinajstić information content (AvgIpc) is 3.30. The number of ketones is 2. The summed E-state index contributed by atoms with van der Waals surface area (Å²) in [6, 6.07) is 20.2. The summed E-state index contributed by atoms with van der Waals surface area (Å²) in [5.41, 5.74) is 3.74. The molecule has 0 aromatic heterocycles. The SMILES string of the molecule is COc1c(CCCl)cccc1NC(=O)c1cc(Cl)cc(N=NC(C(C)=O)C(=O)Nc2ccc(NC(=O)C(N=Nc3cc(Cl)cc(C(=O)Nc4cccc(CCCl)c4OC)c3)C(C)=O)c(CCCl)c2)c1. The van der Waals surface area contributed by atoms with Crippen molar-refractivity contribution in [3.05, 3.63) is 129 Å². The van der Waals surface area contributed by atoms with Gasteiger partial charge in [0.15, 0.2) is 11.6 Å². The van der Waals surface area contributed by atoms with E-state index in [1.807, 2.05) is 12.1 Å². The molecule has 0 fully saturated rings. The Kier molecular flexibility index (Phi) is 20.0. The highest BCUT2D eigenvalue weighted by Gasteiger charge is 2.26. The van der Waals surface area contributed by atoms with Crippen molar-refractivity contribution in [2.45, 2.75) is 45.2 Å². The number of nitrogens with one attached hydrogen (secondary N) is 4. The van der Waals surface area contributed by atoms with Gasteiger partial charge < -0.3 is 30.7 Å². The fourth-order valence-corrected chi connectivity index (χ4v) is 7.83. The second-order valence-corrected chi connectivity index (χ2v) is 16.9. The van der Waals surface area contributed by atoms with E-state index in [1.54, 1.807) is 24.3 Å². The molecule has 5 rings (SSSR count). The van der Waals surface area contributed by atoms with Gasteiger partial charge in [0.05, 0.1) is 37.0 Å². The van der Waals surface area contributed by atoms with Gasteiger partial charge in [-0.25, -0.2) is 0 Å². The summed E-state index contributed by atoms with van der Waals surface area (Å²) in [7, 11) is 2.96. The fourth-order valence-electron chi connectivity index (χ4n) is 6.76. The van der Waals surface area contributed by atoms with Gasteiger partial charge >= 0.3 is 0 Å². The van der Waals surface area contributed by atoms with Crippen molar-refractivity contribution in [2.75, 3.05) is 53.1 Å². The van der Waals surface area contributed by atoms with Crippen LogP contribution in [0.2, 0.25) is 10.0 Å². The average molecular weight is 1040 g/mol. The van der Waals surface area contributed by atoms with Crippen LogP contribution in [-0.4, -0.2) is 79.1 Å². The molecule has 4 N–H and O–H groups in total. The maximum absolute atomic E-state index is 13.6. The zero-order valence-electron chi connectivity index (χ0n) is 37.5. The third-order valence-corrected chi connectivity index (χ3v) is 11.0. The van der Waals surface area contributed by atoms with Crippen LogP contribution < -0.4 is 30.7 Å². The van der Waals surface area contributed by atoms with E-state index in [4.69, 9.17) is 67.5 Å². The van der Waals surface area contributed by atoms with Crippen LogP contribution in [0.4, 0.5) is 34.1 Å². The molecule has 16 nitrogen and oxygen atoms in total. The summed E-state index contributed by atoms with van der Waals surface area (Å²) >= 11 is 30.7. The quantitative estimate of drug-likeness (QED) is 0.0296. The molecule has 0 radical (unpaired) electrons. The predicted octanol–water partition coefficient (Wildman–Crippen LogP) is 11.2. The molecule has 0 aliphatic carbocycles. The second-order valence-electron chi connectivity index (χ2n) is 14.9. The monoisotopic (exact) mass is 1040 g/mol. The molecule has 5 aromatic carbocycles. The Morgan fingerprint density at radius 1 is 0.522 bits per heavy atom. The third kappa shape index (κ3) is 14.8. The number of carbonyl (C=O) groups excluding carboxylic acids is 6. The van der Waals surface area contributed by atoms with Gasteiger partial charge in [-0.15, -0.1) is 34.8 Å². The molecule has 0 saturated heterocycles. The highest BCUT2D eigenvalue weighted by atomic mass is 35.5. The van der Waals surface area contributed by atoms with Crippen molar-refractivity contribution in [2.24, 2.45) is 20.5 Å². The number of nitrogens with zero attached hydrogens (tertiary/aromatic N) is 4. The van der Waals surface area contributed by atoms with Crippen LogP contribution in [0.3, 0.4) is 0 Å². The van der Waals surface area contributed by atoms with Gasteiger partial charge in [-0.1, -0.05) is 47.5 Å². The molecule has 69 heavy (non-hydrogen) atoms. The van der Waals surface area contributed by atoms with E-state index in [0.29, 0.717) is 53.0 Å². The summed E-state index contributed by atoms with van der Waals surface area (Å²) in [6.07, 6.45) is 1.23. The highest BCUT2D eigenvalue weighted by Crippen LogP contribution is 2.33. The maximum Gasteiger partial charge on any atom is 0.258 e. The van der Waals surface area contributed by atoms with Crippen LogP contribution in [0.5, 0.6) is 11.5 Å². The zero-order chi connectivity index (χ0) is 50.2. The van der Waals surface area contributed by atoms with Gasteiger partial charge in [-0.2, -0.15) is 20.5 Å². The predicted molar refractivity (Wildman–Crippen MR) is 270 cm³/mol. The number of hydrogen-bond donors (Lipinski definition) is 4. The normalized spacial score (nSPS) is 12.0. The number of carbonyl (C=O) groups is 6. The Balaban J connectivity index is 1.28. The number of alkyl halides is 3. The lowest BCUT2D eigenvalue weighted by Crippen LogP contribution is -2.32. The molecule has 0 saturated carbocycles. The van der Waals surface area contributed by atoms with E-state index in [9.17, 15) is 28.8 Å². The first-order chi connectivity index (χ1) is 33.1. The number of methoxy groups -OCH3 is 2. The first-order valence-electron chi connectivity index (χ1n) is 20.9. The van der Waals surface area contributed by atoms with Crippen molar-refractivity contribution in [1.82, 2.24) is 0 Å². The van der Waals surface area contributed by atoms with Crippen LogP contribution in [0.1, 0.15) is 51.3 Å². The number of hydrogen-bond acceptors (Lipinski definition) is 12. The number of Topliss-reactive ketones (excluding diaryl/α,β-unsaturated/α-hetero) is 2. The zero-order valence-corrected chi connectivity index (χ0v) is 41.3. The topological polar surface area (TPSA) is 218 Å². The Labute approximate surface area is 422 Å². The number of azo groups is 2. The van der Waals surface area contributed by atoms with Crippen LogP contribution in [0.15, 0.2) is 111 Å². The van der Waals surface area contributed by atoms with Gasteiger partial charge in [0, 0.05) is 50.2 Å². The Morgan fingerprint density at radius 2 is 0.957 bits per heavy atom. The van der Waals surface area contributed by atoms with Gasteiger partial charge in [0.2, 0.25) is 12.1 Å². The van der Waals surface area contributed by atoms with Gasteiger partial charge in [-0.3, -0.25) is 28.8 Å². The first kappa shape index (κ1) is 53.5. The van der Waals surface area contributed by atoms with E-state index < -0.39 is 47.3 Å². The lowest BCUT2D eigenvalue weighted by Gasteiger charge is -2.16. The van der Waals surface area contributed by atoms with Crippen LogP contribution in [-0.2, 0) is 38.4 Å². The number of anilines is 4. The van der Waals surface area contributed by atoms with Crippen molar-refractivity contribution < 1.29 is 38.2 Å². The number of amides is 4. The molecular weight excluding hydrogens is 994 g/mol. The van der Waals surface area contributed by atoms with Gasteiger partial charge in [0.25, 0.3) is 23.6 Å². The summed E-state index contributed by atoms with van der Waals surface area (Å²) in [5.74, 6) is -2.32. The molecule has 4 amide bonds. The van der Waals surface area contributed by atoms with Gasteiger partial charge in [-0.05, 0) is 117 Å². The molecular formula is C48H45Cl5N8O8. The molecule has 0 bridgehead atoms. The van der Waals surface area contributed by atoms with Crippen molar-refractivity contribution in [1.29, 1.82) is 0 Å². The number of ether oxygens (including phenoxy) is 2. The molecule has 2 unspecified atom stereocenters. The highest BCUT2D eigenvalue weighted by molar-refractivity contribution is 6.32. The summed E-state index contributed by atoms with van der Waals surface area (Å²) in [6.45, 7) is 2.33. The summed E-state index contributed by atoms with van der Waals surface area (Å²) in [4.78, 5) is 79.1. The van der Waals surface area contributed by atoms with Crippen LogP contribution in [0, 0.1) is 0 Å². The number of aryl methyl sites for hydroxylation is 3. The second kappa shape index (κ2) is 25.8. The lowest BCUT2D eigenvalue weighted by atomic mass is 10.1. The Bertz CT molecular complexity index is 2810. The molecule has 21 heteroatoms. The minimum Gasteiger partial charge on any atom is -0.494 e. The number of halogens is 5. The summed E-state index contributed by atoms with van der Waals surface area (Å²) in [5, 5.41) is 27.3. The number of rotatable bonds is 22. The summed E-state index contributed by atoms with van der Waals surface area (Å²) < 4.78 is 11.0. The van der Waals surface area contributed by atoms with Crippen molar-refractivity contribution in [3.63, 3.8) is 0 Å². The molecule has 360 valence electrons. The van der Waals surface area contributed by atoms with E-state index in [-0.39, 0.29) is 56.2 Å². The standard InChI is InChI=1S/C48H45Cl5N8O8/c1-26(62)41(60-58-36-22-31(19-33(52)24-36)45(64)56-39-9-5-7-28(13-16-49)43(39)68-3)47(66)54-35-11-12-38(30(21-35)15-18-51)55-48(67)42(27(2)63)61-59-37-23-32(20-34(53)25-37)46(65)57-40-10-6-8-29(14-17-50)44(40)69-4/h5-12,19-25,41-42H,13-18H2,1-4H3,(H,54,66)(H,55,67)(H,56,64)(H,57,65). The molecule has 5 aromatic rings. The molecule has 0 spiro atoms. The van der Waals surface area contributed by atoms with Crippen LogP contribution in [0.25, 0.3) is 0 Å². The first-order valence-corrected chi connectivity index (χ1v) is 23.3. The van der Waals surface area contributed by atoms with E-state index in [2.05, 4.69) is 41.7 Å². The maximum atomic E-state index is 13.6. The van der Waals surface area contributed by atoms with E-state index in [0.717, 1.165) is 25.0 Å². The molecule has 0 heterocycles. The minimum atomic E-state index is -1.62. The largest absolute Gasteiger partial charge is 0.494 e. The molecule has 0 aliphatic heterocycles. The smallest absolute Gasteiger partial charge is 0.258 e. The number of para-hydroxylation sites is 2. The van der Waals surface area contributed by atoms with E-state index >= 15 is 0 Å². The Hall–Kier alpha value is -6.43. The lowest BCUT2D eigenvalue weighted by molar-refractivity contribution is -0.127.